The molecule has 2 amide bonds. The molecule has 0 radical (unpaired) electrons. The number of nitrogens with two attached hydrogens (primary N) is 1. The first kappa shape index (κ1) is 25.0. The number of primary amides is 1. The third-order valence-corrected chi connectivity index (χ3v) is 9.04. The number of amides is 2. The zero-order valence-corrected chi connectivity index (χ0v) is 21.3. The van der Waals surface area contributed by atoms with Gasteiger partial charge < -0.3 is 11.1 Å². The van der Waals surface area contributed by atoms with Gasteiger partial charge in [0.05, 0.1) is 14.9 Å². The van der Waals surface area contributed by atoms with Crippen LogP contribution in [0, 0.1) is 23.2 Å². The molecule has 2 aliphatic carbocycles. The van der Waals surface area contributed by atoms with Crippen molar-refractivity contribution < 1.29 is 9.59 Å². The van der Waals surface area contributed by atoms with Crippen LogP contribution in [0.4, 0.5) is 0 Å². The van der Waals surface area contributed by atoms with Crippen molar-refractivity contribution in [3.8, 4) is 0 Å². The number of benzene rings is 1. The van der Waals surface area contributed by atoms with Gasteiger partial charge in [0, 0.05) is 16.5 Å². The number of carbonyl (C=O) groups excluding carboxylic acids is 2. The van der Waals surface area contributed by atoms with Crippen LogP contribution in [0.2, 0.25) is 15.1 Å². The highest BCUT2D eigenvalue weighted by Crippen LogP contribution is 2.50. The number of hydrogen-bond acceptors (Lipinski definition) is 4. The smallest absolute Gasteiger partial charge is 0.240 e. The van der Waals surface area contributed by atoms with Gasteiger partial charge in [0.1, 0.15) is 5.54 Å². The van der Waals surface area contributed by atoms with E-state index in [1.54, 1.807) is 12.1 Å². The second kappa shape index (κ2) is 9.30. The van der Waals surface area contributed by atoms with Crippen LogP contribution in [0.1, 0.15) is 53.4 Å². The average molecular weight is 507 g/mol. The Labute approximate surface area is 203 Å². The minimum atomic E-state index is -0.880. The molecule has 172 valence electrons. The van der Waals surface area contributed by atoms with Gasteiger partial charge in [0.25, 0.3) is 0 Å². The van der Waals surface area contributed by atoms with Crippen LogP contribution in [0.25, 0.3) is 0 Å². The first-order valence-corrected chi connectivity index (χ1v) is 12.5. The third-order valence-electron chi connectivity index (χ3n) is 6.75. The Hall–Kier alpha value is -0.660. The molecule has 5 atom stereocenters. The zero-order valence-electron chi connectivity index (χ0n) is 18.2. The van der Waals surface area contributed by atoms with Gasteiger partial charge in [-0.1, -0.05) is 48.7 Å². The lowest BCUT2D eigenvalue weighted by molar-refractivity contribution is -0.134. The number of halogens is 3. The maximum absolute atomic E-state index is 13.2. The Kier molecular flexibility index (Phi) is 7.49. The summed E-state index contributed by atoms with van der Waals surface area (Å²) >= 11 is 19.7. The van der Waals surface area contributed by atoms with Crippen molar-refractivity contribution in [1.82, 2.24) is 10.0 Å². The molecule has 2 aliphatic rings. The van der Waals surface area contributed by atoms with E-state index in [-0.39, 0.29) is 23.8 Å². The molecule has 3 rings (SSSR count). The molecule has 0 aromatic heterocycles. The van der Waals surface area contributed by atoms with Crippen LogP contribution in [0.15, 0.2) is 17.0 Å². The summed E-state index contributed by atoms with van der Waals surface area (Å²) in [5, 5.41) is 4.56. The topological polar surface area (TPSA) is 84.2 Å². The lowest BCUT2D eigenvalue weighted by Crippen LogP contribution is -2.59. The Morgan fingerprint density at radius 3 is 2.35 bits per heavy atom. The first-order valence-electron chi connectivity index (χ1n) is 10.5. The lowest BCUT2D eigenvalue weighted by atomic mass is 9.57. The molecular weight excluding hydrogens is 477 g/mol. The number of carbonyl (C=O) groups is 2. The van der Waals surface area contributed by atoms with Gasteiger partial charge in [-0.05, 0) is 81.4 Å². The van der Waals surface area contributed by atoms with Crippen LogP contribution in [0.3, 0.4) is 0 Å². The summed E-state index contributed by atoms with van der Waals surface area (Å²) in [6.07, 6.45) is 3.57. The average Bonchev–Trinajstić information content (AvgIpc) is 2.63. The minimum Gasteiger partial charge on any atom is -0.369 e. The van der Waals surface area contributed by atoms with Crippen molar-refractivity contribution in [2.24, 2.45) is 28.9 Å². The fraction of sp³-hybridized carbons (Fsp3) is 0.636. The van der Waals surface area contributed by atoms with Crippen LogP contribution in [-0.2, 0) is 9.59 Å². The molecule has 0 saturated heterocycles. The molecule has 1 aromatic carbocycles. The Bertz CT molecular complexity index is 857. The lowest BCUT2D eigenvalue weighted by Gasteiger charge is -2.50. The van der Waals surface area contributed by atoms with E-state index < -0.39 is 11.0 Å². The van der Waals surface area contributed by atoms with E-state index in [1.807, 2.05) is 20.8 Å². The molecule has 2 bridgehead atoms. The van der Waals surface area contributed by atoms with Gasteiger partial charge in [-0.15, -0.1) is 0 Å². The normalized spacial score (nSPS) is 30.7. The number of fused-ring (bicyclic) bond motifs is 2. The van der Waals surface area contributed by atoms with Gasteiger partial charge in [-0.2, -0.15) is 0 Å². The monoisotopic (exact) mass is 505 g/mol. The first-order chi connectivity index (χ1) is 14.3. The van der Waals surface area contributed by atoms with Crippen molar-refractivity contribution in [2.45, 2.75) is 69.9 Å². The van der Waals surface area contributed by atoms with Gasteiger partial charge in [-0.3, -0.25) is 9.59 Å². The van der Waals surface area contributed by atoms with Crippen LogP contribution in [-0.4, -0.2) is 23.4 Å². The largest absolute Gasteiger partial charge is 0.369 e. The summed E-state index contributed by atoms with van der Waals surface area (Å²) in [7, 11) is 0. The molecular formula is C22H30Cl3N3O2S. The standard InChI is InChI=1S/C22H30Cl3N3O2S/c1-11-5-12-6-13(10-22(4,9-12)19(26)29)17(11)27-20(30)21(2,3)28-31-18-15(24)7-14(23)8-16(18)25/h7-8,11-13,17,28H,5-6,9-10H2,1-4H3,(H2,26,29)(H,27,30). The number of nitrogens with one attached hydrogen (secondary N) is 2. The highest BCUT2D eigenvalue weighted by Gasteiger charge is 2.49. The van der Waals surface area contributed by atoms with Crippen molar-refractivity contribution in [3.63, 3.8) is 0 Å². The highest BCUT2D eigenvalue weighted by molar-refractivity contribution is 7.97. The highest BCUT2D eigenvalue weighted by atomic mass is 35.5. The minimum absolute atomic E-state index is 0.0107. The molecule has 4 N–H and O–H groups in total. The molecule has 5 nitrogen and oxygen atoms in total. The van der Waals surface area contributed by atoms with E-state index in [0.717, 1.165) is 19.3 Å². The fourth-order valence-corrected chi connectivity index (χ4v) is 6.94. The summed E-state index contributed by atoms with van der Waals surface area (Å²) in [5.74, 6) is 0.719. The van der Waals surface area contributed by atoms with Crippen molar-refractivity contribution in [1.29, 1.82) is 0 Å². The molecule has 2 saturated carbocycles. The molecule has 2 fully saturated rings. The van der Waals surface area contributed by atoms with Crippen LogP contribution < -0.4 is 15.8 Å². The summed E-state index contributed by atoms with van der Waals surface area (Å²) in [6.45, 7) is 7.78. The molecule has 31 heavy (non-hydrogen) atoms. The predicted molar refractivity (Wildman–Crippen MR) is 128 cm³/mol. The van der Waals surface area contributed by atoms with Gasteiger partial charge >= 0.3 is 0 Å². The van der Waals surface area contributed by atoms with Gasteiger partial charge in [-0.25, -0.2) is 4.72 Å². The molecule has 1 aromatic rings. The van der Waals surface area contributed by atoms with Crippen LogP contribution >= 0.6 is 46.8 Å². The fourth-order valence-electron chi connectivity index (χ4n) is 5.13. The number of hydrogen-bond donors (Lipinski definition) is 3. The SMILES string of the molecule is CC1CC2CC(CC(C)(C(N)=O)C2)C1NC(=O)C(C)(C)NSc1c(Cl)cc(Cl)cc1Cl. The Morgan fingerprint density at radius 2 is 1.77 bits per heavy atom. The van der Waals surface area contributed by atoms with Gasteiger partial charge in [0.2, 0.25) is 11.8 Å². The van der Waals surface area contributed by atoms with Crippen LogP contribution in [0.5, 0.6) is 0 Å². The van der Waals surface area contributed by atoms with E-state index in [2.05, 4.69) is 17.0 Å². The number of rotatable bonds is 6. The van der Waals surface area contributed by atoms with E-state index in [9.17, 15) is 9.59 Å². The Morgan fingerprint density at radius 1 is 1.16 bits per heavy atom. The second-order valence-corrected chi connectivity index (χ2v) is 12.0. The third kappa shape index (κ3) is 5.47. The van der Waals surface area contributed by atoms with E-state index in [4.69, 9.17) is 40.5 Å². The maximum atomic E-state index is 13.2. The second-order valence-electron chi connectivity index (χ2n) is 9.93. The summed E-state index contributed by atoms with van der Waals surface area (Å²) < 4.78 is 3.19. The summed E-state index contributed by atoms with van der Waals surface area (Å²) in [4.78, 5) is 25.9. The molecule has 0 aliphatic heterocycles. The molecule has 9 heteroatoms. The van der Waals surface area contributed by atoms with E-state index >= 15 is 0 Å². The molecule has 0 heterocycles. The van der Waals surface area contributed by atoms with E-state index in [0.29, 0.717) is 38.2 Å². The Balaban J connectivity index is 1.68. The quantitative estimate of drug-likeness (QED) is 0.448. The van der Waals surface area contributed by atoms with Gasteiger partial charge in [0.15, 0.2) is 0 Å². The van der Waals surface area contributed by atoms with Crippen molar-refractivity contribution in [3.05, 3.63) is 27.2 Å². The predicted octanol–water partition coefficient (Wildman–Crippen LogP) is 5.45. The zero-order chi connectivity index (χ0) is 23.1. The van der Waals surface area contributed by atoms with Crippen molar-refractivity contribution in [2.75, 3.05) is 0 Å². The molecule has 0 spiro atoms. The molecule has 5 unspecified atom stereocenters. The van der Waals surface area contributed by atoms with Crippen molar-refractivity contribution >= 4 is 58.6 Å². The van der Waals surface area contributed by atoms with E-state index in [1.165, 1.54) is 11.9 Å². The summed E-state index contributed by atoms with van der Waals surface area (Å²) in [5.41, 5.74) is 4.34. The maximum Gasteiger partial charge on any atom is 0.240 e. The summed E-state index contributed by atoms with van der Waals surface area (Å²) in [6, 6.07) is 3.24.